The number of nitrogens with one attached hydrogen (secondary N) is 2. The Balaban J connectivity index is 1.54. The van der Waals surface area contributed by atoms with Crippen LogP contribution in [0.1, 0.15) is 0 Å². The van der Waals surface area contributed by atoms with Gasteiger partial charge >= 0.3 is 0 Å². The Kier molecular flexibility index (Phi) is 4.82. The van der Waals surface area contributed by atoms with Gasteiger partial charge in [0.05, 0.1) is 17.1 Å². The zero-order valence-corrected chi connectivity index (χ0v) is 13.8. The molecule has 0 saturated heterocycles. The van der Waals surface area contributed by atoms with Gasteiger partial charge in [-0.25, -0.2) is 4.98 Å². The molecule has 0 aliphatic carbocycles. The third-order valence-electron chi connectivity index (χ3n) is 2.81. The number of carbonyl (C=O) groups is 1. The Hall–Kier alpha value is -1.76. The zero-order valence-electron chi connectivity index (χ0n) is 11.4. The summed E-state index contributed by atoms with van der Waals surface area (Å²) in [5, 5.41) is 6.02. The normalized spacial score (nSPS) is 10.6. The molecule has 2 N–H and O–H groups in total. The summed E-state index contributed by atoms with van der Waals surface area (Å²) in [5.74, 6) is 0.256. The predicted octanol–water partition coefficient (Wildman–Crippen LogP) is 4.52. The third-order valence-corrected chi connectivity index (χ3v) is 4.83. The molecule has 1 aromatic carbocycles. The molecule has 7 heteroatoms. The number of thioether (sulfide) groups is 1. The fraction of sp³-hybridized carbons (Fsp3) is 0.0667. The summed E-state index contributed by atoms with van der Waals surface area (Å²) in [5.41, 5.74) is 1.77. The van der Waals surface area contributed by atoms with E-state index in [1.54, 1.807) is 0 Å². The third kappa shape index (κ3) is 3.91. The van der Waals surface area contributed by atoms with Gasteiger partial charge in [0.15, 0.2) is 5.13 Å². The van der Waals surface area contributed by atoms with E-state index < -0.39 is 0 Å². The fourth-order valence-electron chi connectivity index (χ4n) is 1.78. The monoisotopic (exact) mass is 349 g/mol. The number of rotatable bonds is 5. The van der Waals surface area contributed by atoms with Gasteiger partial charge in [0.25, 0.3) is 0 Å². The van der Waals surface area contributed by atoms with Gasteiger partial charge in [-0.05, 0) is 36.4 Å². The van der Waals surface area contributed by atoms with E-state index in [0.717, 1.165) is 16.3 Å². The number of nitrogens with zero attached hydrogens (tertiary/aromatic N) is 1. The fourth-order valence-corrected chi connectivity index (χ4v) is 3.33. The molecule has 0 radical (unpaired) electrons. The minimum Gasteiger partial charge on any atom is -0.360 e. The topological polar surface area (TPSA) is 57.8 Å². The number of carbonyl (C=O) groups excluding carboxylic acids is 1. The molecule has 22 heavy (non-hydrogen) atoms. The van der Waals surface area contributed by atoms with Gasteiger partial charge in [-0.1, -0.05) is 11.6 Å². The van der Waals surface area contributed by atoms with Crippen molar-refractivity contribution < 1.29 is 4.79 Å². The molecule has 0 atom stereocenters. The van der Waals surface area contributed by atoms with Crippen molar-refractivity contribution in [1.29, 1.82) is 0 Å². The molecule has 0 aliphatic rings. The van der Waals surface area contributed by atoms with Crippen LogP contribution in [0.25, 0.3) is 11.4 Å². The number of H-pyrrole nitrogens is 1. The Labute approximate surface area is 140 Å². The molecule has 0 spiro atoms. The van der Waals surface area contributed by atoms with Crippen molar-refractivity contribution >= 4 is 45.7 Å². The first-order valence-electron chi connectivity index (χ1n) is 6.48. The number of aromatic nitrogens is 2. The van der Waals surface area contributed by atoms with Crippen molar-refractivity contribution in [1.82, 2.24) is 9.97 Å². The van der Waals surface area contributed by atoms with Crippen molar-refractivity contribution in [3.8, 4) is 11.4 Å². The molecule has 3 aromatic rings. The van der Waals surface area contributed by atoms with Crippen LogP contribution in [0.3, 0.4) is 0 Å². The second kappa shape index (κ2) is 7.00. The molecule has 112 valence electrons. The molecule has 0 fully saturated rings. The number of halogens is 1. The standard InChI is InChI=1S/C15H12ClN3OS2/c16-10-3-5-11(6-4-10)21-9-14(20)19-15-18-13(8-22-15)12-2-1-7-17-12/h1-8,17H,9H2,(H,18,19,20). The van der Waals surface area contributed by atoms with E-state index >= 15 is 0 Å². The quantitative estimate of drug-likeness (QED) is 0.666. The highest BCUT2D eigenvalue weighted by Gasteiger charge is 2.09. The molecule has 2 aromatic heterocycles. The smallest absolute Gasteiger partial charge is 0.236 e. The molecule has 0 aliphatic heterocycles. The Bertz CT molecular complexity index is 753. The molecular formula is C15H12ClN3OS2. The van der Waals surface area contributed by atoms with E-state index in [0.29, 0.717) is 15.9 Å². The molecule has 4 nitrogen and oxygen atoms in total. The molecule has 0 unspecified atom stereocenters. The predicted molar refractivity (Wildman–Crippen MR) is 92.7 cm³/mol. The van der Waals surface area contributed by atoms with Gasteiger partial charge in [-0.3, -0.25) is 4.79 Å². The first-order valence-corrected chi connectivity index (χ1v) is 8.72. The van der Waals surface area contributed by atoms with E-state index in [-0.39, 0.29) is 5.91 Å². The summed E-state index contributed by atoms with van der Waals surface area (Å²) >= 11 is 8.70. The number of aromatic amines is 1. The first-order chi connectivity index (χ1) is 10.7. The summed E-state index contributed by atoms with van der Waals surface area (Å²) in [6, 6.07) is 11.3. The summed E-state index contributed by atoms with van der Waals surface area (Å²) in [4.78, 5) is 20.4. The van der Waals surface area contributed by atoms with E-state index in [9.17, 15) is 4.79 Å². The van der Waals surface area contributed by atoms with E-state index in [1.807, 2.05) is 48.0 Å². The lowest BCUT2D eigenvalue weighted by Gasteiger charge is -2.02. The maximum Gasteiger partial charge on any atom is 0.236 e. The minimum absolute atomic E-state index is 0.0765. The van der Waals surface area contributed by atoms with Crippen LogP contribution in [0.2, 0.25) is 5.02 Å². The van der Waals surface area contributed by atoms with Crippen molar-refractivity contribution in [3.63, 3.8) is 0 Å². The van der Waals surface area contributed by atoms with Crippen LogP contribution < -0.4 is 5.32 Å². The molecule has 0 saturated carbocycles. The second-order valence-corrected chi connectivity index (χ2v) is 6.76. The van der Waals surface area contributed by atoms with E-state index in [2.05, 4.69) is 15.3 Å². The van der Waals surface area contributed by atoms with Crippen LogP contribution in [0, 0.1) is 0 Å². The molecular weight excluding hydrogens is 338 g/mol. The molecule has 1 amide bonds. The largest absolute Gasteiger partial charge is 0.360 e. The van der Waals surface area contributed by atoms with Crippen LogP contribution in [0.15, 0.2) is 52.9 Å². The summed E-state index contributed by atoms with van der Waals surface area (Å²) in [6.45, 7) is 0. The lowest BCUT2D eigenvalue weighted by Crippen LogP contribution is -2.13. The highest BCUT2D eigenvalue weighted by molar-refractivity contribution is 8.00. The highest BCUT2D eigenvalue weighted by Crippen LogP contribution is 2.24. The van der Waals surface area contributed by atoms with Gasteiger partial charge in [0, 0.05) is 21.5 Å². The highest BCUT2D eigenvalue weighted by atomic mass is 35.5. The number of hydrogen-bond donors (Lipinski definition) is 2. The van der Waals surface area contributed by atoms with Crippen molar-refractivity contribution in [3.05, 3.63) is 53.0 Å². The van der Waals surface area contributed by atoms with E-state index in [4.69, 9.17) is 11.6 Å². The first kappa shape index (κ1) is 15.1. The van der Waals surface area contributed by atoms with Crippen LogP contribution in [-0.2, 0) is 4.79 Å². The van der Waals surface area contributed by atoms with Crippen molar-refractivity contribution in [2.24, 2.45) is 0 Å². The van der Waals surface area contributed by atoms with Crippen LogP contribution in [0.4, 0.5) is 5.13 Å². The molecule has 3 rings (SSSR count). The maximum atomic E-state index is 11.9. The molecule has 2 heterocycles. The SMILES string of the molecule is O=C(CSc1ccc(Cl)cc1)Nc1nc(-c2ccc[nH]2)cs1. The zero-order chi connectivity index (χ0) is 15.4. The average Bonchev–Trinajstić information content (AvgIpc) is 3.17. The van der Waals surface area contributed by atoms with Gasteiger partial charge < -0.3 is 10.3 Å². The van der Waals surface area contributed by atoms with Gasteiger partial charge in [-0.2, -0.15) is 0 Å². The number of benzene rings is 1. The van der Waals surface area contributed by atoms with Crippen molar-refractivity contribution in [2.45, 2.75) is 4.90 Å². The van der Waals surface area contributed by atoms with Crippen LogP contribution >= 0.6 is 34.7 Å². The number of thiazole rings is 1. The van der Waals surface area contributed by atoms with Gasteiger partial charge in [0.2, 0.25) is 5.91 Å². The van der Waals surface area contributed by atoms with Crippen molar-refractivity contribution in [2.75, 3.05) is 11.1 Å². The average molecular weight is 350 g/mol. The number of amides is 1. The Morgan fingerprint density at radius 1 is 1.32 bits per heavy atom. The Morgan fingerprint density at radius 3 is 2.86 bits per heavy atom. The number of hydrogen-bond acceptors (Lipinski definition) is 4. The summed E-state index contributed by atoms with van der Waals surface area (Å²) in [6.07, 6.45) is 1.84. The minimum atomic E-state index is -0.0765. The number of anilines is 1. The Morgan fingerprint density at radius 2 is 2.14 bits per heavy atom. The lowest BCUT2D eigenvalue weighted by molar-refractivity contribution is -0.113. The van der Waals surface area contributed by atoms with E-state index in [1.165, 1.54) is 23.1 Å². The van der Waals surface area contributed by atoms with Crippen LogP contribution in [0.5, 0.6) is 0 Å². The van der Waals surface area contributed by atoms with Crippen LogP contribution in [-0.4, -0.2) is 21.6 Å². The second-order valence-electron chi connectivity index (χ2n) is 4.41. The maximum absolute atomic E-state index is 11.9. The van der Waals surface area contributed by atoms with Gasteiger partial charge in [-0.15, -0.1) is 23.1 Å². The summed E-state index contributed by atoms with van der Waals surface area (Å²) in [7, 11) is 0. The lowest BCUT2D eigenvalue weighted by atomic mass is 10.3. The molecule has 0 bridgehead atoms. The summed E-state index contributed by atoms with van der Waals surface area (Å²) < 4.78 is 0. The van der Waals surface area contributed by atoms with Gasteiger partial charge in [0.1, 0.15) is 0 Å².